The molecule has 1 amide bonds. The molecule has 0 heterocycles. The Morgan fingerprint density at radius 1 is 1.20 bits per heavy atom. The summed E-state index contributed by atoms with van der Waals surface area (Å²) in [6, 6.07) is 15.1. The van der Waals surface area contributed by atoms with Gasteiger partial charge in [-0.3, -0.25) is 4.79 Å². The summed E-state index contributed by atoms with van der Waals surface area (Å²) in [5.74, 6) is -0.0275. The molecule has 25 heavy (non-hydrogen) atoms. The summed E-state index contributed by atoms with van der Waals surface area (Å²) in [6.07, 6.45) is 4.36. The minimum Gasteiger partial charge on any atom is -0.358 e. The minimum atomic E-state index is -0.219. The van der Waals surface area contributed by atoms with Crippen molar-refractivity contribution in [2.24, 2.45) is 0 Å². The summed E-state index contributed by atoms with van der Waals surface area (Å²) in [7, 11) is 0. The molecule has 0 unspecified atom stereocenters. The summed E-state index contributed by atoms with van der Waals surface area (Å²) < 4.78 is 13.4. The predicted molar refractivity (Wildman–Crippen MR) is 101 cm³/mol. The number of amides is 1. The van der Waals surface area contributed by atoms with E-state index in [0.29, 0.717) is 6.54 Å². The second-order valence-corrected chi connectivity index (χ2v) is 6.27. The van der Waals surface area contributed by atoms with Crippen LogP contribution in [0.25, 0.3) is 0 Å². The molecule has 2 aromatic carbocycles. The van der Waals surface area contributed by atoms with Crippen LogP contribution in [-0.2, 0) is 11.2 Å². The molecule has 2 aromatic rings. The lowest BCUT2D eigenvalue weighted by atomic mass is 9.83. The molecule has 0 spiro atoms. The van der Waals surface area contributed by atoms with Crippen molar-refractivity contribution in [3.8, 4) is 0 Å². The van der Waals surface area contributed by atoms with Gasteiger partial charge in [-0.2, -0.15) is 0 Å². The van der Waals surface area contributed by atoms with E-state index in [1.54, 1.807) is 0 Å². The summed E-state index contributed by atoms with van der Waals surface area (Å²) >= 11 is 0. The maximum absolute atomic E-state index is 13.4. The highest BCUT2D eigenvalue weighted by atomic mass is 19.1. The molecule has 0 aliphatic carbocycles. The molecule has 0 saturated heterocycles. The lowest BCUT2D eigenvalue weighted by Crippen LogP contribution is -2.16. The molecular weight excluding hydrogens is 313 g/mol. The van der Waals surface area contributed by atoms with Gasteiger partial charge in [0.25, 0.3) is 0 Å². The number of carbonyl (C=O) groups is 1. The fourth-order valence-corrected chi connectivity index (χ4v) is 3.09. The van der Waals surface area contributed by atoms with Crippen molar-refractivity contribution < 1.29 is 9.18 Å². The first kappa shape index (κ1) is 18.9. The standard InChI is InChI=1S/C22H26FNO/c1-3-17(2)8-13-22(19-9-11-20(23)12-10-19)21-7-5-4-6-18(21)14-15-24-16-25/h4-7,9-12,16,22H,2-3,8,13-15H2,1H3,(H,24,25)/t22-/m0/s1. The molecule has 3 heteroatoms. The molecule has 2 rings (SSSR count). The first-order valence-corrected chi connectivity index (χ1v) is 8.82. The van der Waals surface area contributed by atoms with Crippen LogP contribution in [0.15, 0.2) is 60.7 Å². The molecule has 0 saturated carbocycles. The maximum atomic E-state index is 13.4. The number of hydrogen-bond acceptors (Lipinski definition) is 1. The van der Waals surface area contributed by atoms with Crippen LogP contribution in [0.5, 0.6) is 0 Å². The quantitative estimate of drug-likeness (QED) is 0.369. The third-order valence-electron chi connectivity index (χ3n) is 4.61. The molecular formula is C22H26FNO. The van der Waals surface area contributed by atoms with Crippen molar-refractivity contribution in [1.29, 1.82) is 0 Å². The van der Waals surface area contributed by atoms with E-state index in [4.69, 9.17) is 0 Å². The zero-order chi connectivity index (χ0) is 18.1. The van der Waals surface area contributed by atoms with E-state index < -0.39 is 0 Å². The average Bonchev–Trinajstić information content (AvgIpc) is 2.64. The summed E-state index contributed by atoms with van der Waals surface area (Å²) in [6.45, 7) is 6.85. The lowest BCUT2D eigenvalue weighted by molar-refractivity contribution is -0.109. The van der Waals surface area contributed by atoms with Crippen LogP contribution in [0.1, 0.15) is 48.8 Å². The van der Waals surface area contributed by atoms with Crippen molar-refractivity contribution in [3.05, 3.63) is 83.2 Å². The molecule has 1 N–H and O–H groups in total. The normalized spacial score (nSPS) is 11.8. The summed E-state index contributed by atoms with van der Waals surface area (Å²) in [5, 5.41) is 2.73. The first-order valence-electron chi connectivity index (χ1n) is 8.82. The van der Waals surface area contributed by atoms with Crippen molar-refractivity contribution in [1.82, 2.24) is 5.32 Å². The van der Waals surface area contributed by atoms with Gasteiger partial charge in [0, 0.05) is 12.5 Å². The van der Waals surface area contributed by atoms with Crippen LogP contribution in [-0.4, -0.2) is 13.0 Å². The Morgan fingerprint density at radius 2 is 1.92 bits per heavy atom. The number of rotatable bonds is 10. The fraction of sp³-hybridized carbons (Fsp3) is 0.318. The molecule has 0 radical (unpaired) electrons. The zero-order valence-corrected chi connectivity index (χ0v) is 14.8. The van der Waals surface area contributed by atoms with E-state index in [0.717, 1.165) is 37.7 Å². The number of allylic oxidation sites excluding steroid dienone is 1. The Morgan fingerprint density at radius 3 is 2.60 bits per heavy atom. The van der Waals surface area contributed by atoms with Gasteiger partial charge in [0.1, 0.15) is 5.82 Å². The monoisotopic (exact) mass is 339 g/mol. The molecule has 0 fully saturated rings. The minimum absolute atomic E-state index is 0.191. The number of halogens is 1. The van der Waals surface area contributed by atoms with Crippen LogP contribution >= 0.6 is 0 Å². The van der Waals surface area contributed by atoms with Crippen LogP contribution in [0.3, 0.4) is 0 Å². The Kier molecular flexibility index (Phi) is 7.39. The van der Waals surface area contributed by atoms with E-state index in [1.807, 2.05) is 24.3 Å². The topological polar surface area (TPSA) is 29.1 Å². The number of nitrogens with one attached hydrogen (secondary N) is 1. The smallest absolute Gasteiger partial charge is 0.207 e. The van der Waals surface area contributed by atoms with Crippen molar-refractivity contribution >= 4 is 6.41 Å². The molecule has 2 nitrogen and oxygen atoms in total. The largest absolute Gasteiger partial charge is 0.358 e. The van der Waals surface area contributed by atoms with E-state index in [-0.39, 0.29) is 11.7 Å². The van der Waals surface area contributed by atoms with Crippen LogP contribution in [0.2, 0.25) is 0 Å². The van der Waals surface area contributed by atoms with Gasteiger partial charge in [-0.05, 0) is 54.5 Å². The van der Waals surface area contributed by atoms with Gasteiger partial charge in [0.2, 0.25) is 6.41 Å². The summed E-state index contributed by atoms with van der Waals surface area (Å²) in [5.41, 5.74) is 4.80. The van der Waals surface area contributed by atoms with Gasteiger partial charge in [0.15, 0.2) is 0 Å². The molecule has 0 aliphatic heterocycles. The number of benzene rings is 2. The molecule has 0 aliphatic rings. The van der Waals surface area contributed by atoms with Gasteiger partial charge in [0.05, 0.1) is 0 Å². The highest BCUT2D eigenvalue weighted by Gasteiger charge is 2.17. The number of hydrogen-bond donors (Lipinski definition) is 1. The molecule has 0 aromatic heterocycles. The Bertz CT molecular complexity index is 693. The van der Waals surface area contributed by atoms with E-state index in [2.05, 4.69) is 31.0 Å². The van der Waals surface area contributed by atoms with Gasteiger partial charge < -0.3 is 5.32 Å². The van der Waals surface area contributed by atoms with E-state index in [1.165, 1.54) is 28.8 Å². The van der Waals surface area contributed by atoms with Crippen molar-refractivity contribution in [2.45, 2.75) is 38.5 Å². The van der Waals surface area contributed by atoms with Gasteiger partial charge in [-0.25, -0.2) is 4.39 Å². The van der Waals surface area contributed by atoms with Crippen molar-refractivity contribution in [2.75, 3.05) is 6.54 Å². The Hall–Kier alpha value is -2.42. The molecule has 1 atom stereocenters. The van der Waals surface area contributed by atoms with E-state index in [9.17, 15) is 9.18 Å². The third-order valence-corrected chi connectivity index (χ3v) is 4.61. The first-order chi connectivity index (χ1) is 12.2. The highest BCUT2D eigenvalue weighted by molar-refractivity contribution is 5.46. The fourth-order valence-electron chi connectivity index (χ4n) is 3.09. The summed E-state index contributed by atoms with van der Waals surface area (Å²) in [4.78, 5) is 10.5. The maximum Gasteiger partial charge on any atom is 0.207 e. The molecule has 0 bridgehead atoms. The highest BCUT2D eigenvalue weighted by Crippen LogP contribution is 2.33. The predicted octanol–water partition coefficient (Wildman–Crippen LogP) is 4.99. The lowest BCUT2D eigenvalue weighted by Gasteiger charge is -2.22. The van der Waals surface area contributed by atoms with Crippen LogP contribution < -0.4 is 5.32 Å². The van der Waals surface area contributed by atoms with Gasteiger partial charge in [-0.1, -0.05) is 55.5 Å². The zero-order valence-electron chi connectivity index (χ0n) is 14.8. The Balaban J connectivity index is 2.32. The second-order valence-electron chi connectivity index (χ2n) is 6.27. The van der Waals surface area contributed by atoms with Crippen LogP contribution in [0, 0.1) is 5.82 Å². The third kappa shape index (κ3) is 5.56. The average molecular weight is 339 g/mol. The Labute approximate surface area is 149 Å². The van der Waals surface area contributed by atoms with Gasteiger partial charge >= 0.3 is 0 Å². The van der Waals surface area contributed by atoms with E-state index >= 15 is 0 Å². The van der Waals surface area contributed by atoms with Crippen molar-refractivity contribution in [3.63, 3.8) is 0 Å². The number of carbonyl (C=O) groups excluding carboxylic acids is 1. The van der Waals surface area contributed by atoms with Gasteiger partial charge in [-0.15, -0.1) is 0 Å². The molecule has 132 valence electrons. The SMILES string of the molecule is C=C(CC)CC[C@@H](c1ccc(F)cc1)c1ccccc1CCNC=O. The van der Waals surface area contributed by atoms with Crippen LogP contribution in [0.4, 0.5) is 4.39 Å². The second kappa shape index (κ2) is 9.77.